The Hall–Kier alpha value is -3.17. The lowest BCUT2D eigenvalue weighted by Gasteiger charge is -2.33. The first-order chi connectivity index (χ1) is 13.2. The maximum Gasteiger partial charge on any atom is 0.245 e. The first-order valence-corrected chi connectivity index (χ1v) is 9.20. The number of rotatable bonds is 6. The van der Waals surface area contributed by atoms with Gasteiger partial charge in [-0.1, -0.05) is 30.3 Å². The van der Waals surface area contributed by atoms with E-state index in [2.05, 4.69) is 45.8 Å². The minimum atomic E-state index is -0.0714. The van der Waals surface area contributed by atoms with Gasteiger partial charge in [-0.25, -0.2) is 5.43 Å². The van der Waals surface area contributed by atoms with Gasteiger partial charge >= 0.3 is 0 Å². The topological polar surface area (TPSA) is 72.9 Å². The third kappa shape index (κ3) is 5.66. The number of hydrogen-bond acceptors (Lipinski definition) is 4. The number of piperazine rings is 1. The maximum absolute atomic E-state index is 12.0. The van der Waals surface area contributed by atoms with Crippen molar-refractivity contribution in [2.45, 2.75) is 6.42 Å². The number of amides is 1. The molecule has 1 fully saturated rings. The Kier molecular flexibility index (Phi) is 6.55. The zero-order valence-electron chi connectivity index (χ0n) is 15.3. The van der Waals surface area contributed by atoms with Crippen LogP contribution in [0, 0.1) is 11.3 Å². The van der Waals surface area contributed by atoms with Crippen molar-refractivity contribution < 1.29 is 9.69 Å². The first-order valence-electron chi connectivity index (χ1n) is 9.20. The Morgan fingerprint density at radius 2 is 1.85 bits per heavy atom. The number of benzene rings is 2. The van der Waals surface area contributed by atoms with Gasteiger partial charge in [0.25, 0.3) is 0 Å². The second-order valence-electron chi connectivity index (χ2n) is 6.60. The predicted octanol–water partition coefficient (Wildman–Crippen LogP) is 0.804. The van der Waals surface area contributed by atoms with Gasteiger partial charge in [-0.2, -0.15) is 10.4 Å². The van der Waals surface area contributed by atoms with Crippen LogP contribution in [0.1, 0.15) is 17.5 Å². The quantitative estimate of drug-likeness (QED) is 0.590. The van der Waals surface area contributed by atoms with E-state index in [0.717, 1.165) is 38.3 Å². The molecule has 0 bridgehead atoms. The molecule has 0 aromatic heterocycles. The van der Waals surface area contributed by atoms with Crippen LogP contribution in [0.4, 0.5) is 5.69 Å². The summed E-state index contributed by atoms with van der Waals surface area (Å²) in [7, 11) is 0. The van der Waals surface area contributed by atoms with Crippen molar-refractivity contribution in [3.63, 3.8) is 0 Å². The van der Waals surface area contributed by atoms with Crippen LogP contribution in [-0.4, -0.2) is 44.8 Å². The van der Waals surface area contributed by atoms with Gasteiger partial charge in [0.2, 0.25) is 5.91 Å². The van der Waals surface area contributed by atoms with Crippen molar-refractivity contribution in [3.05, 3.63) is 65.7 Å². The van der Waals surface area contributed by atoms with Gasteiger partial charge in [0, 0.05) is 5.69 Å². The van der Waals surface area contributed by atoms with Gasteiger partial charge in [0.05, 0.1) is 57.0 Å². The standard InChI is InChI=1S/C21H23N5O/c22-16-18-6-8-19(9-7-18)17-23-24-21(27)10-11-25-12-14-26(15-13-25)20-4-2-1-3-5-20/h1-9,17H,10-15H2,(H,24,27)/p+1/b23-17-. The predicted molar refractivity (Wildman–Crippen MR) is 106 cm³/mol. The van der Waals surface area contributed by atoms with E-state index in [9.17, 15) is 4.79 Å². The van der Waals surface area contributed by atoms with E-state index in [1.165, 1.54) is 10.6 Å². The number of para-hydroxylation sites is 1. The zero-order valence-corrected chi connectivity index (χ0v) is 15.3. The summed E-state index contributed by atoms with van der Waals surface area (Å²) in [5, 5.41) is 12.8. The molecule has 0 aliphatic carbocycles. The number of carbonyl (C=O) groups excluding carboxylic acids is 1. The molecule has 27 heavy (non-hydrogen) atoms. The summed E-state index contributed by atoms with van der Waals surface area (Å²) in [6.45, 7) is 4.92. The van der Waals surface area contributed by atoms with Crippen molar-refractivity contribution in [2.24, 2.45) is 5.10 Å². The Morgan fingerprint density at radius 3 is 2.52 bits per heavy atom. The highest BCUT2D eigenvalue weighted by molar-refractivity contribution is 5.82. The molecular weight excluding hydrogens is 338 g/mol. The van der Waals surface area contributed by atoms with Crippen molar-refractivity contribution in [3.8, 4) is 6.07 Å². The highest BCUT2D eigenvalue weighted by Gasteiger charge is 2.20. The Balaban J connectivity index is 1.36. The van der Waals surface area contributed by atoms with Crippen LogP contribution in [0.15, 0.2) is 59.7 Å². The van der Waals surface area contributed by atoms with E-state index in [-0.39, 0.29) is 5.91 Å². The van der Waals surface area contributed by atoms with Crippen LogP contribution in [0.5, 0.6) is 0 Å². The molecule has 0 unspecified atom stereocenters. The van der Waals surface area contributed by atoms with Gasteiger partial charge in [-0.3, -0.25) is 4.79 Å². The molecule has 1 heterocycles. The molecule has 0 atom stereocenters. The minimum Gasteiger partial charge on any atom is -0.360 e. The summed E-state index contributed by atoms with van der Waals surface area (Å²) in [5.74, 6) is -0.0714. The van der Waals surface area contributed by atoms with E-state index in [1.54, 1.807) is 30.5 Å². The minimum absolute atomic E-state index is 0.0714. The molecule has 2 N–H and O–H groups in total. The molecule has 1 aliphatic rings. The summed E-state index contributed by atoms with van der Waals surface area (Å²) >= 11 is 0. The van der Waals surface area contributed by atoms with Crippen molar-refractivity contribution in [2.75, 3.05) is 37.6 Å². The molecule has 2 aromatic carbocycles. The number of nitrogens with one attached hydrogen (secondary N) is 2. The largest absolute Gasteiger partial charge is 0.360 e. The van der Waals surface area contributed by atoms with Gasteiger partial charge < -0.3 is 9.80 Å². The monoisotopic (exact) mass is 362 g/mol. The molecular formula is C21H24N5O+. The molecule has 0 spiro atoms. The number of hydrazone groups is 1. The summed E-state index contributed by atoms with van der Waals surface area (Å²) in [4.78, 5) is 15.8. The molecule has 6 heteroatoms. The van der Waals surface area contributed by atoms with Crippen LogP contribution in [0.3, 0.4) is 0 Å². The molecule has 1 saturated heterocycles. The number of carbonyl (C=O) groups is 1. The Labute approximate surface area is 159 Å². The molecule has 2 aromatic rings. The number of nitriles is 1. The number of hydrogen-bond donors (Lipinski definition) is 2. The maximum atomic E-state index is 12.0. The fourth-order valence-electron chi connectivity index (χ4n) is 3.14. The number of nitrogens with zero attached hydrogens (tertiary/aromatic N) is 3. The second-order valence-corrected chi connectivity index (χ2v) is 6.60. The summed E-state index contributed by atoms with van der Waals surface area (Å²) in [6, 6.07) is 19.6. The normalized spacial score (nSPS) is 14.9. The zero-order chi connectivity index (χ0) is 18.9. The molecule has 6 nitrogen and oxygen atoms in total. The third-order valence-electron chi connectivity index (χ3n) is 4.74. The van der Waals surface area contributed by atoms with Crippen molar-refractivity contribution in [1.82, 2.24) is 5.43 Å². The fourth-order valence-corrected chi connectivity index (χ4v) is 3.14. The lowest BCUT2D eigenvalue weighted by Crippen LogP contribution is -3.15. The van der Waals surface area contributed by atoms with Crippen molar-refractivity contribution >= 4 is 17.8 Å². The number of quaternary nitrogens is 1. The fraction of sp³-hybridized carbons (Fsp3) is 0.286. The highest BCUT2D eigenvalue weighted by Crippen LogP contribution is 2.12. The summed E-state index contributed by atoms with van der Waals surface area (Å²) in [6.07, 6.45) is 2.05. The van der Waals surface area contributed by atoms with Gasteiger partial charge in [0.15, 0.2) is 0 Å². The molecule has 0 saturated carbocycles. The lowest BCUT2D eigenvalue weighted by molar-refractivity contribution is -0.900. The SMILES string of the molecule is N#Cc1ccc(/C=N\NC(=O)CC[NH+]2CCN(c3ccccc3)CC2)cc1. The van der Waals surface area contributed by atoms with Gasteiger partial charge in [-0.05, 0) is 29.8 Å². The van der Waals surface area contributed by atoms with Crippen LogP contribution < -0.4 is 15.2 Å². The molecule has 0 radical (unpaired) electrons. The van der Waals surface area contributed by atoms with Crippen molar-refractivity contribution in [1.29, 1.82) is 5.26 Å². The number of anilines is 1. The van der Waals surface area contributed by atoms with E-state index in [1.807, 2.05) is 6.07 Å². The summed E-state index contributed by atoms with van der Waals surface area (Å²) in [5.41, 5.74) is 5.29. The van der Waals surface area contributed by atoms with Crippen LogP contribution in [-0.2, 0) is 4.79 Å². The highest BCUT2D eigenvalue weighted by atomic mass is 16.2. The molecule has 138 valence electrons. The molecule has 3 rings (SSSR count). The first kappa shape index (κ1) is 18.6. The second kappa shape index (κ2) is 9.51. The summed E-state index contributed by atoms with van der Waals surface area (Å²) < 4.78 is 0. The third-order valence-corrected chi connectivity index (χ3v) is 4.74. The molecule has 1 amide bonds. The van der Waals surface area contributed by atoms with E-state index in [4.69, 9.17) is 5.26 Å². The molecule has 1 aliphatic heterocycles. The van der Waals surface area contributed by atoms with Gasteiger partial charge in [0.1, 0.15) is 0 Å². The van der Waals surface area contributed by atoms with Crippen LogP contribution in [0.25, 0.3) is 0 Å². The Morgan fingerprint density at radius 1 is 1.15 bits per heavy atom. The average molecular weight is 362 g/mol. The van der Waals surface area contributed by atoms with E-state index < -0.39 is 0 Å². The smallest absolute Gasteiger partial charge is 0.245 e. The van der Waals surface area contributed by atoms with Crippen LogP contribution in [0.2, 0.25) is 0 Å². The van der Waals surface area contributed by atoms with Crippen LogP contribution >= 0.6 is 0 Å². The lowest BCUT2D eigenvalue weighted by atomic mass is 10.2. The van der Waals surface area contributed by atoms with Gasteiger partial charge in [-0.15, -0.1) is 0 Å². The average Bonchev–Trinajstić information content (AvgIpc) is 2.74. The van der Waals surface area contributed by atoms with E-state index in [0.29, 0.717) is 12.0 Å². The van der Waals surface area contributed by atoms with E-state index >= 15 is 0 Å². The Bertz CT molecular complexity index is 803.